The molecule has 0 bridgehead atoms. The minimum atomic E-state index is -0.341. The molecule has 148 valence electrons. The Balaban J connectivity index is 1.84. The maximum absolute atomic E-state index is 11.9. The van der Waals surface area contributed by atoms with Crippen LogP contribution in [0.25, 0.3) is 0 Å². The third-order valence-electron chi connectivity index (χ3n) is 3.58. The molecule has 2 rings (SSSR count). The Labute approximate surface area is 177 Å². The molecular weight excluding hydrogens is 473 g/mol. The van der Waals surface area contributed by atoms with Crippen molar-refractivity contribution < 1.29 is 19.1 Å². The van der Waals surface area contributed by atoms with Crippen molar-refractivity contribution in [3.63, 3.8) is 0 Å². The van der Waals surface area contributed by atoms with Crippen LogP contribution in [0.3, 0.4) is 0 Å². The second-order valence-electron chi connectivity index (χ2n) is 5.67. The van der Waals surface area contributed by atoms with E-state index in [-0.39, 0.29) is 24.7 Å². The van der Waals surface area contributed by atoms with Gasteiger partial charge in [-0.25, -0.2) is 5.43 Å². The molecule has 0 aromatic heterocycles. The molecule has 28 heavy (non-hydrogen) atoms. The van der Waals surface area contributed by atoms with Crippen molar-refractivity contribution in [1.29, 1.82) is 0 Å². The number of anilines is 1. The summed E-state index contributed by atoms with van der Waals surface area (Å²) in [5.74, 6) is 0.707. The normalized spacial score (nSPS) is 10.5. The van der Waals surface area contributed by atoms with E-state index in [2.05, 4.69) is 38.4 Å². The van der Waals surface area contributed by atoms with Crippen molar-refractivity contribution in [3.8, 4) is 11.5 Å². The van der Waals surface area contributed by atoms with Crippen LogP contribution in [0.2, 0.25) is 0 Å². The minimum Gasteiger partial charge on any atom is -0.493 e. The fraction of sp³-hybridized carbons (Fsp3) is 0.250. The average molecular weight is 495 g/mol. The van der Waals surface area contributed by atoms with E-state index in [1.807, 2.05) is 31.2 Å². The smallest absolute Gasteiger partial charge is 0.240 e. The molecule has 8 heteroatoms. The van der Waals surface area contributed by atoms with Crippen LogP contribution in [0, 0.1) is 3.57 Å². The van der Waals surface area contributed by atoms with Crippen LogP contribution in [-0.4, -0.2) is 31.7 Å². The van der Waals surface area contributed by atoms with Crippen molar-refractivity contribution in [1.82, 2.24) is 5.43 Å². The second kappa shape index (κ2) is 11.3. The molecule has 0 radical (unpaired) electrons. The van der Waals surface area contributed by atoms with Gasteiger partial charge in [0.15, 0.2) is 11.5 Å². The molecule has 7 nitrogen and oxygen atoms in total. The summed E-state index contributed by atoms with van der Waals surface area (Å²) >= 11 is 2.15. The molecule has 0 aliphatic carbocycles. The number of hydrogen-bond donors (Lipinski definition) is 2. The van der Waals surface area contributed by atoms with Crippen LogP contribution in [-0.2, 0) is 9.59 Å². The highest BCUT2D eigenvalue weighted by Crippen LogP contribution is 2.33. The maximum atomic E-state index is 11.9. The number of nitrogens with one attached hydrogen (secondary N) is 2. The number of benzene rings is 2. The number of rotatable bonds is 9. The number of ether oxygens (including phenoxy) is 2. The SMILES string of the molecule is CCOc1c(I)cc(C=NNC(=O)CCC(=O)Nc2ccccc2)cc1OC. The summed E-state index contributed by atoms with van der Waals surface area (Å²) in [7, 11) is 1.57. The van der Waals surface area contributed by atoms with Gasteiger partial charge in [0.1, 0.15) is 0 Å². The fourth-order valence-corrected chi connectivity index (χ4v) is 3.09. The topological polar surface area (TPSA) is 89.0 Å². The fourth-order valence-electron chi connectivity index (χ4n) is 2.31. The Morgan fingerprint density at radius 2 is 1.86 bits per heavy atom. The molecule has 0 unspecified atom stereocenters. The van der Waals surface area contributed by atoms with E-state index in [0.717, 1.165) is 9.13 Å². The van der Waals surface area contributed by atoms with Crippen molar-refractivity contribution in [2.45, 2.75) is 19.8 Å². The highest BCUT2D eigenvalue weighted by atomic mass is 127. The summed E-state index contributed by atoms with van der Waals surface area (Å²) < 4.78 is 11.8. The van der Waals surface area contributed by atoms with Gasteiger partial charge in [0.05, 0.1) is 23.5 Å². The third-order valence-corrected chi connectivity index (χ3v) is 4.38. The summed E-state index contributed by atoms with van der Waals surface area (Å²) in [6, 6.07) is 12.7. The Hall–Kier alpha value is -2.62. The highest BCUT2D eigenvalue weighted by Gasteiger charge is 2.11. The molecule has 0 saturated carbocycles. The van der Waals surface area contributed by atoms with E-state index >= 15 is 0 Å². The van der Waals surface area contributed by atoms with E-state index in [1.165, 1.54) is 6.21 Å². The summed E-state index contributed by atoms with van der Waals surface area (Å²) in [5, 5.41) is 6.67. The van der Waals surface area contributed by atoms with Crippen molar-refractivity contribution in [3.05, 3.63) is 51.6 Å². The van der Waals surface area contributed by atoms with E-state index in [0.29, 0.717) is 23.8 Å². The number of carbonyl (C=O) groups is 2. The summed E-state index contributed by atoms with van der Waals surface area (Å²) in [6.07, 6.45) is 1.63. The molecule has 0 spiro atoms. The zero-order valence-electron chi connectivity index (χ0n) is 15.7. The van der Waals surface area contributed by atoms with Gasteiger partial charge in [-0.3, -0.25) is 9.59 Å². The highest BCUT2D eigenvalue weighted by molar-refractivity contribution is 14.1. The van der Waals surface area contributed by atoms with E-state index in [9.17, 15) is 9.59 Å². The lowest BCUT2D eigenvalue weighted by Crippen LogP contribution is -2.20. The Morgan fingerprint density at radius 1 is 1.14 bits per heavy atom. The van der Waals surface area contributed by atoms with Crippen molar-refractivity contribution >= 4 is 46.3 Å². The zero-order valence-corrected chi connectivity index (χ0v) is 17.9. The number of para-hydroxylation sites is 1. The number of hydrazone groups is 1. The molecule has 2 aromatic rings. The predicted molar refractivity (Wildman–Crippen MR) is 117 cm³/mol. The summed E-state index contributed by atoms with van der Waals surface area (Å²) in [6.45, 7) is 2.44. The van der Waals surface area contributed by atoms with Gasteiger partial charge in [-0.15, -0.1) is 0 Å². The van der Waals surface area contributed by atoms with Gasteiger partial charge in [0, 0.05) is 18.5 Å². The van der Waals surface area contributed by atoms with Crippen LogP contribution in [0.4, 0.5) is 5.69 Å². The molecule has 2 N–H and O–H groups in total. The molecule has 0 aliphatic rings. The number of amides is 2. The monoisotopic (exact) mass is 495 g/mol. The van der Waals surface area contributed by atoms with Gasteiger partial charge in [0.2, 0.25) is 11.8 Å². The minimum absolute atomic E-state index is 0.0418. The lowest BCUT2D eigenvalue weighted by molar-refractivity contribution is -0.124. The third kappa shape index (κ3) is 6.84. The van der Waals surface area contributed by atoms with Gasteiger partial charge in [-0.2, -0.15) is 5.10 Å². The molecular formula is C20H22IN3O4. The van der Waals surface area contributed by atoms with Gasteiger partial charge in [-0.05, 0) is 59.3 Å². The molecule has 0 heterocycles. The number of methoxy groups -OCH3 is 1. The van der Waals surface area contributed by atoms with E-state index in [4.69, 9.17) is 9.47 Å². The van der Waals surface area contributed by atoms with Gasteiger partial charge in [0.25, 0.3) is 0 Å². The van der Waals surface area contributed by atoms with Gasteiger partial charge >= 0.3 is 0 Å². The number of nitrogens with zero attached hydrogens (tertiary/aromatic N) is 1. The molecule has 0 fully saturated rings. The van der Waals surface area contributed by atoms with Crippen LogP contribution >= 0.6 is 22.6 Å². The Bertz CT molecular complexity index is 841. The lowest BCUT2D eigenvalue weighted by Gasteiger charge is -2.12. The first kappa shape index (κ1) is 21.7. The molecule has 0 atom stereocenters. The molecule has 0 saturated heterocycles. The van der Waals surface area contributed by atoms with Crippen molar-refractivity contribution in [2.75, 3.05) is 19.0 Å². The van der Waals surface area contributed by atoms with Crippen LogP contribution in [0.15, 0.2) is 47.6 Å². The average Bonchev–Trinajstić information content (AvgIpc) is 2.69. The molecule has 2 amide bonds. The number of hydrogen-bond acceptors (Lipinski definition) is 5. The lowest BCUT2D eigenvalue weighted by atomic mass is 10.2. The van der Waals surface area contributed by atoms with Crippen LogP contribution < -0.4 is 20.2 Å². The van der Waals surface area contributed by atoms with Crippen LogP contribution in [0.1, 0.15) is 25.3 Å². The molecule has 0 aliphatic heterocycles. The maximum Gasteiger partial charge on any atom is 0.240 e. The molecule has 2 aromatic carbocycles. The standard InChI is InChI=1S/C20H22IN3O4/c1-3-28-20-16(21)11-14(12-17(20)27-2)13-22-24-19(26)10-9-18(25)23-15-7-5-4-6-8-15/h4-8,11-13H,3,9-10H2,1-2H3,(H,23,25)(H,24,26). The first-order chi connectivity index (χ1) is 13.5. The first-order valence-corrected chi connectivity index (χ1v) is 9.78. The zero-order chi connectivity index (χ0) is 20.4. The van der Waals surface area contributed by atoms with E-state index in [1.54, 1.807) is 25.3 Å². The van der Waals surface area contributed by atoms with Crippen molar-refractivity contribution in [2.24, 2.45) is 5.10 Å². The Morgan fingerprint density at radius 3 is 2.54 bits per heavy atom. The predicted octanol–water partition coefficient (Wildman–Crippen LogP) is 3.57. The number of halogens is 1. The first-order valence-electron chi connectivity index (χ1n) is 8.70. The van der Waals surface area contributed by atoms with Crippen LogP contribution in [0.5, 0.6) is 11.5 Å². The van der Waals surface area contributed by atoms with Gasteiger partial charge < -0.3 is 14.8 Å². The largest absolute Gasteiger partial charge is 0.493 e. The van der Waals surface area contributed by atoms with E-state index < -0.39 is 0 Å². The second-order valence-corrected chi connectivity index (χ2v) is 6.84. The summed E-state index contributed by atoms with van der Waals surface area (Å²) in [4.78, 5) is 23.7. The Kier molecular flexibility index (Phi) is 8.73. The quantitative estimate of drug-likeness (QED) is 0.316. The summed E-state index contributed by atoms with van der Waals surface area (Å²) in [5.41, 5.74) is 3.88. The number of carbonyl (C=O) groups excluding carboxylic acids is 2. The van der Waals surface area contributed by atoms with Gasteiger partial charge in [-0.1, -0.05) is 18.2 Å².